The first-order chi connectivity index (χ1) is 14.2. The third-order valence-corrected chi connectivity index (χ3v) is 6.43. The van der Waals surface area contributed by atoms with Gasteiger partial charge in [0.05, 0.1) is 7.11 Å². The first-order valence-corrected chi connectivity index (χ1v) is 11.1. The van der Waals surface area contributed by atoms with Crippen molar-refractivity contribution in [2.45, 2.75) is 44.6 Å². The molecule has 2 N–H and O–H groups in total. The van der Waals surface area contributed by atoms with Crippen LogP contribution in [0.4, 0.5) is 0 Å². The Morgan fingerprint density at radius 3 is 2.41 bits per heavy atom. The van der Waals surface area contributed by atoms with E-state index in [1.54, 1.807) is 7.11 Å². The van der Waals surface area contributed by atoms with Crippen molar-refractivity contribution in [3.05, 3.63) is 30.0 Å². The van der Waals surface area contributed by atoms with Gasteiger partial charge >= 0.3 is 0 Å². The van der Waals surface area contributed by atoms with Crippen molar-refractivity contribution in [1.29, 1.82) is 0 Å². The highest BCUT2D eigenvalue weighted by Gasteiger charge is 2.22. The number of carbonyl (C=O) groups excluding carboxylic acids is 1. The number of methoxy groups -OCH3 is 1. The zero-order valence-electron chi connectivity index (χ0n) is 17.6. The Balaban J connectivity index is 1.23. The molecule has 0 unspecified atom stereocenters. The van der Waals surface area contributed by atoms with Crippen LogP contribution in [0.25, 0.3) is 10.9 Å². The fourth-order valence-corrected chi connectivity index (χ4v) is 4.57. The number of carbonyl (C=O) groups is 1. The van der Waals surface area contributed by atoms with E-state index in [9.17, 15) is 4.79 Å². The predicted molar refractivity (Wildman–Crippen MR) is 117 cm³/mol. The van der Waals surface area contributed by atoms with Gasteiger partial charge in [-0.25, -0.2) is 0 Å². The SMILES string of the molecule is COc1ccc2[nH]c(C(=O)NC3CCN(CCN4CCCCCC4)CC3)cc2c1. The predicted octanol–water partition coefficient (Wildman–Crippen LogP) is 3.25. The van der Waals surface area contributed by atoms with E-state index in [-0.39, 0.29) is 11.9 Å². The van der Waals surface area contributed by atoms with E-state index in [0.29, 0.717) is 5.69 Å². The lowest BCUT2D eigenvalue weighted by Gasteiger charge is -2.33. The Bertz CT molecular complexity index is 802. The quantitative estimate of drug-likeness (QED) is 0.784. The highest BCUT2D eigenvalue weighted by atomic mass is 16.5. The number of ether oxygens (including phenoxy) is 1. The number of likely N-dealkylation sites (tertiary alicyclic amines) is 2. The Morgan fingerprint density at radius 2 is 1.72 bits per heavy atom. The summed E-state index contributed by atoms with van der Waals surface area (Å²) >= 11 is 0. The number of fused-ring (bicyclic) bond motifs is 1. The maximum atomic E-state index is 12.7. The maximum Gasteiger partial charge on any atom is 0.267 e. The lowest BCUT2D eigenvalue weighted by atomic mass is 10.0. The molecule has 0 aliphatic carbocycles. The molecule has 2 aliphatic heterocycles. The summed E-state index contributed by atoms with van der Waals surface area (Å²) in [6, 6.07) is 7.97. The van der Waals surface area contributed by atoms with E-state index >= 15 is 0 Å². The molecule has 0 spiro atoms. The highest BCUT2D eigenvalue weighted by molar-refractivity contribution is 5.98. The van der Waals surface area contributed by atoms with E-state index in [4.69, 9.17) is 4.74 Å². The summed E-state index contributed by atoms with van der Waals surface area (Å²) in [7, 11) is 1.65. The van der Waals surface area contributed by atoms with Gasteiger partial charge in [-0.1, -0.05) is 12.8 Å². The van der Waals surface area contributed by atoms with Gasteiger partial charge in [0.1, 0.15) is 11.4 Å². The number of aromatic nitrogens is 1. The lowest BCUT2D eigenvalue weighted by Crippen LogP contribution is -2.46. The van der Waals surface area contributed by atoms with E-state index in [1.165, 1.54) is 45.3 Å². The van der Waals surface area contributed by atoms with Crippen molar-refractivity contribution in [2.24, 2.45) is 0 Å². The maximum absolute atomic E-state index is 12.7. The molecule has 0 atom stereocenters. The summed E-state index contributed by atoms with van der Waals surface area (Å²) in [6.45, 7) is 7.03. The van der Waals surface area contributed by atoms with Gasteiger partial charge in [0.25, 0.3) is 5.91 Å². The summed E-state index contributed by atoms with van der Waals surface area (Å²) < 4.78 is 5.27. The number of nitrogens with one attached hydrogen (secondary N) is 2. The van der Waals surface area contributed by atoms with Crippen LogP contribution in [-0.4, -0.2) is 73.1 Å². The van der Waals surface area contributed by atoms with Crippen LogP contribution in [0, 0.1) is 0 Å². The van der Waals surface area contributed by atoms with Gasteiger partial charge in [-0.3, -0.25) is 4.79 Å². The van der Waals surface area contributed by atoms with Crippen LogP contribution in [0.15, 0.2) is 24.3 Å². The molecule has 1 aromatic carbocycles. The fraction of sp³-hybridized carbons (Fsp3) is 0.609. The third kappa shape index (κ3) is 5.31. The summed E-state index contributed by atoms with van der Waals surface area (Å²) in [4.78, 5) is 21.1. The van der Waals surface area contributed by atoms with Gasteiger partial charge in [0.15, 0.2) is 0 Å². The zero-order valence-corrected chi connectivity index (χ0v) is 17.6. The molecule has 3 heterocycles. The molecule has 2 fully saturated rings. The molecule has 158 valence electrons. The fourth-order valence-electron chi connectivity index (χ4n) is 4.57. The van der Waals surface area contributed by atoms with Crippen molar-refractivity contribution < 1.29 is 9.53 Å². The van der Waals surface area contributed by atoms with Crippen molar-refractivity contribution in [2.75, 3.05) is 46.4 Å². The van der Waals surface area contributed by atoms with Crippen LogP contribution in [-0.2, 0) is 0 Å². The standard InChI is InChI=1S/C23H34N4O2/c1-29-20-6-7-21-18(16-20)17-22(25-21)23(28)24-19-8-12-27(13-9-19)15-14-26-10-4-2-3-5-11-26/h6-7,16-17,19,25H,2-5,8-15H2,1H3,(H,24,28). The average molecular weight is 399 g/mol. The van der Waals surface area contributed by atoms with Crippen LogP contribution in [0.2, 0.25) is 0 Å². The molecule has 0 bridgehead atoms. The number of aromatic amines is 1. The molecule has 1 amide bonds. The number of hydrogen-bond acceptors (Lipinski definition) is 4. The van der Waals surface area contributed by atoms with Gasteiger partial charge in [-0.15, -0.1) is 0 Å². The Labute approximate surface area is 173 Å². The van der Waals surface area contributed by atoms with E-state index in [0.717, 1.165) is 49.1 Å². The summed E-state index contributed by atoms with van der Waals surface area (Å²) in [5.74, 6) is 0.791. The highest BCUT2D eigenvalue weighted by Crippen LogP contribution is 2.22. The second-order valence-corrected chi connectivity index (χ2v) is 8.48. The number of piperidine rings is 1. The van der Waals surface area contributed by atoms with E-state index < -0.39 is 0 Å². The van der Waals surface area contributed by atoms with Crippen LogP contribution in [0.5, 0.6) is 5.75 Å². The number of hydrogen-bond donors (Lipinski definition) is 2. The van der Waals surface area contributed by atoms with Gasteiger partial charge in [-0.2, -0.15) is 0 Å². The second-order valence-electron chi connectivity index (χ2n) is 8.48. The van der Waals surface area contributed by atoms with Crippen LogP contribution in [0.1, 0.15) is 49.0 Å². The zero-order chi connectivity index (χ0) is 20.1. The van der Waals surface area contributed by atoms with Crippen molar-refractivity contribution in [1.82, 2.24) is 20.1 Å². The molecule has 2 saturated heterocycles. The Hall–Kier alpha value is -2.05. The number of amides is 1. The average Bonchev–Trinajstić information content (AvgIpc) is 3.00. The number of H-pyrrole nitrogens is 1. The van der Waals surface area contributed by atoms with Gasteiger partial charge < -0.3 is 24.8 Å². The van der Waals surface area contributed by atoms with Crippen LogP contribution < -0.4 is 10.1 Å². The largest absolute Gasteiger partial charge is 0.497 e. The minimum Gasteiger partial charge on any atom is -0.497 e. The molecule has 1 aromatic heterocycles. The van der Waals surface area contributed by atoms with Gasteiger partial charge in [-0.05, 0) is 63.0 Å². The monoisotopic (exact) mass is 398 g/mol. The molecule has 6 heteroatoms. The lowest BCUT2D eigenvalue weighted by molar-refractivity contribution is 0.0902. The molecule has 0 saturated carbocycles. The molecule has 2 aliphatic rings. The van der Waals surface area contributed by atoms with E-state index in [2.05, 4.69) is 20.1 Å². The Morgan fingerprint density at radius 1 is 1.03 bits per heavy atom. The molecule has 2 aromatic rings. The topological polar surface area (TPSA) is 60.6 Å². The minimum atomic E-state index is -0.0109. The van der Waals surface area contributed by atoms with Crippen molar-refractivity contribution >= 4 is 16.8 Å². The van der Waals surface area contributed by atoms with Gasteiger partial charge in [0, 0.05) is 43.1 Å². The van der Waals surface area contributed by atoms with Crippen LogP contribution in [0.3, 0.4) is 0 Å². The summed E-state index contributed by atoms with van der Waals surface area (Å²) in [5, 5.41) is 4.22. The molecule has 0 radical (unpaired) electrons. The molecular formula is C23H34N4O2. The van der Waals surface area contributed by atoms with Crippen molar-refractivity contribution in [3.63, 3.8) is 0 Å². The molecule has 4 rings (SSSR count). The third-order valence-electron chi connectivity index (χ3n) is 6.43. The normalized spacial score (nSPS) is 19.9. The number of nitrogens with zero attached hydrogens (tertiary/aromatic N) is 2. The molecule has 29 heavy (non-hydrogen) atoms. The summed E-state index contributed by atoms with van der Waals surface area (Å²) in [6.07, 6.45) is 7.56. The first kappa shape index (κ1) is 20.2. The summed E-state index contributed by atoms with van der Waals surface area (Å²) in [5.41, 5.74) is 1.58. The second kappa shape index (κ2) is 9.63. The first-order valence-electron chi connectivity index (χ1n) is 11.1. The smallest absolute Gasteiger partial charge is 0.267 e. The van der Waals surface area contributed by atoms with Gasteiger partial charge in [0.2, 0.25) is 0 Å². The van der Waals surface area contributed by atoms with Crippen LogP contribution >= 0.6 is 0 Å². The Kier molecular flexibility index (Phi) is 6.72. The minimum absolute atomic E-state index is 0.0109. The number of rotatable bonds is 6. The molecular weight excluding hydrogens is 364 g/mol. The van der Waals surface area contributed by atoms with Crippen molar-refractivity contribution in [3.8, 4) is 5.75 Å². The van der Waals surface area contributed by atoms with E-state index in [1.807, 2.05) is 24.3 Å². The number of benzene rings is 1. The molecule has 6 nitrogen and oxygen atoms in total.